The molecule has 18 heavy (non-hydrogen) atoms. The quantitative estimate of drug-likeness (QED) is 0.372. The Hall–Kier alpha value is -1.51. The third-order valence-corrected chi connectivity index (χ3v) is 1.06. The highest BCUT2D eigenvalue weighted by atomic mass is 16.6. The number of aliphatic hydroxyl groups is 3. The number of carbonyl (C=O) groups excluding carboxylic acids is 2. The average Bonchev–Trinajstić information content (AvgIpc) is 2.29. The summed E-state index contributed by atoms with van der Waals surface area (Å²) in [5.74, 6) is -2.62. The lowest BCUT2D eigenvalue weighted by molar-refractivity contribution is -0.159. The molecule has 8 nitrogen and oxygen atoms in total. The molecule has 0 aliphatic heterocycles. The maximum absolute atomic E-state index is 10.5. The Morgan fingerprint density at radius 1 is 1.17 bits per heavy atom. The number of aliphatic hydroxyl groups excluding tert-OH is 3. The molecule has 1 atom stereocenters. The Balaban J connectivity index is -0.000000270. The van der Waals surface area contributed by atoms with Crippen molar-refractivity contribution >= 4 is 17.9 Å². The molecule has 0 aromatic rings. The monoisotopic (exact) mass is 268 g/mol. The van der Waals surface area contributed by atoms with Crippen LogP contribution in [0.4, 0.5) is 0 Å². The van der Waals surface area contributed by atoms with E-state index in [-0.39, 0.29) is 19.4 Å². The summed E-state index contributed by atoms with van der Waals surface area (Å²) in [5, 5.41) is 31.1. The van der Waals surface area contributed by atoms with Crippen LogP contribution < -0.4 is 0 Å². The minimum absolute atomic E-state index is 0.139. The van der Waals surface area contributed by atoms with E-state index < -0.39 is 24.0 Å². The highest BCUT2D eigenvalue weighted by molar-refractivity contribution is 5.85. The van der Waals surface area contributed by atoms with Gasteiger partial charge in [0.1, 0.15) is 0 Å². The van der Waals surface area contributed by atoms with Crippen LogP contribution in [0.1, 0.15) is 26.7 Å². The molecule has 0 aromatic heterocycles. The van der Waals surface area contributed by atoms with Crippen molar-refractivity contribution in [3.05, 3.63) is 0 Å². The van der Waals surface area contributed by atoms with Crippen LogP contribution in [0.15, 0.2) is 0 Å². The molecule has 0 saturated carbocycles. The number of carboxylic acids is 1. The number of aliphatic carboxylic acids is 1. The highest BCUT2D eigenvalue weighted by Crippen LogP contribution is 1.92. The first-order valence-electron chi connectivity index (χ1n) is 4.96. The van der Waals surface area contributed by atoms with Gasteiger partial charge < -0.3 is 25.2 Å². The van der Waals surface area contributed by atoms with Crippen molar-refractivity contribution in [2.24, 2.45) is 0 Å². The fraction of sp³-hybridized carbons (Fsp3) is 0.700. The zero-order valence-electron chi connectivity index (χ0n) is 10.6. The standard InChI is InChI=1S/C6H8O5.C3H8O2.CH4O/c1-4(7)11-6(10)3-2-5(8)9;1-3(5)2-4;1-2/h2-3H2,1H3,(H,8,9);3-5H,2H2,1H3;2H,1H3. The number of esters is 2. The number of carbonyl (C=O) groups is 3. The Bertz CT molecular complexity index is 236. The minimum Gasteiger partial charge on any atom is -0.481 e. The van der Waals surface area contributed by atoms with Gasteiger partial charge in [-0.25, -0.2) is 0 Å². The second kappa shape index (κ2) is 15.5. The van der Waals surface area contributed by atoms with Gasteiger partial charge in [-0.2, -0.15) is 0 Å². The first-order chi connectivity index (χ1) is 8.29. The molecule has 0 radical (unpaired) electrons. The van der Waals surface area contributed by atoms with Crippen molar-refractivity contribution in [3.63, 3.8) is 0 Å². The van der Waals surface area contributed by atoms with E-state index in [1.165, 1.54) is 6.92 Å². The zero-order valence-corrected chi connectivity index (χ0v) is 10.6. The number of carboxylic acid groups (broad SMARTS) is 1. The molecule has 4 N–H and O–H groups in total. The molecule has 0 fully saturated rings. The summed E-state index contributed by atoms with van der Waals surface area (Å²) < 4.78 is 4.06. The summed E-state index contributed by atoms with van der Waals surface area (Å²) in [6.07, 6.45) is -1.14. The lowest BCUT2D eigenvalue weighted by Gasteiger charge is -1.95. The fourth-order valence-electron chi connectivity index (χ4n) is 0.420. The molecule has 8 heteroatoms. The molecule has 108 valence electrons. The Kier molecular flexibility index (Phi) is 18.7. The highest BCUT2D eigenvalue weighted by Gasteiger charge is 2.07. The lowest BCUT2D eigenvalue weighted by Crippen LogP contribution is -2.10. The van der Waals surface area contributed by atoms with E-state index in [0.717, 1.165) is 14.0 Å². The van der Waals surface area contributed by atoms with E-state index in [1.54, 1.807) is 0 Å². The van der Waals surface area contributed by atoms with Crippen LogP contribution in [0.2, 0.25) is 0 Å². The average molecular weight is 268 g/mol. The molecular weight excluding hydrogens is 248 g/mol. The normalized spacial score (nSPS) is 9.89. The van der Waals surface area contributed by atoms with Gasteiger partial charge in [-0.3, -0.25) is 14.4 Å². The van der Waals surface area contributed by atoms with Crippen LogP contribution in [0.3, 0.4) is 0 Å². The Labute approximate surface area is 105 Å². The van der Waals surface area contributed by atoms with Gasteiger partial charge in [-0.1, -0.05) is 0 Å². The smallest absolute Gasteiger partial charge is 0.314 e. The maximum atomic E-state index is 10.5. The minimum atomic E-state index is -1.09. The third kappa shape index (κ3) is 29.3. The van der Waals surface area contributed by atoms with Gasteiger partial charge in [0.2, 0.25) is 0 Å². The van der Waals surface area contributed by atoms with Crippen LogP contribution in [-0.2, 0) is 19.1 Å². The molecule has 0 spiro atoms. The van der Waals surface area contributed by atoms with Gasteiger partial charge in [0.25, 0.3) is 0 Å². The molecule has 0 aliphatic carbocycles. The molecular formula is C10H20O8. The number of rotatable bonds is 4. The lowest BCUT2D eigenvalue weighted by atomic mass is 10.3. The van der Waals surface area contributed by atoms with E-state index >= 15 is 0 Å². The summed E-state index contributed by atoms with van der Waals surface area (Å²) in [7, 11) is 1.00. The molecule has 0 aromatic carbocycles. The van der Waals surface area contributed by atoms with E-state index in [9.17, 15) is 14.4 Å². The fourth-order valence-corrected chi connectivity index (χ4v) is 0.420. The second-order valence-electron chi connectivity index (χ2n) is 2.89. The van der Waals surface area contributed by atoms with E-state index in [2.05, 4.69) is 4.74 Å². The molecule has 0 saturated heterocycles. The Morgan fingerprint density at radius 2 is 1.56 bits per heavy atom. The topological polar surface area (TPSA) is 141 Å². The number of hydrogen-bond acceptors (Lipinski definition) is 7. The number of hydrogen-bond donors (Lipinski definition) is 4. The molecule has 0 bridgehead atoms. The van der Waals surface area contributed by atoms with Crippen LogP contribution >= 0.6 is 0 Å². The predicted octanol–water partition coefficient (Wildman–Crippen LogP) is -1.09. The van der Waals surface area contributed by atoms with E-state index in [4.69, 9.17) is 20.4 Å². The summed E-state index contributed by atoms with van der Waals surface area (Å²) in [5.41, 5.74) is 0. The summed E-state index contributed by atoms with van der Waals surface area (Å²) in [6.45, 7) is 2.47. The third-order valence-electron chi connectivity index (χ3n) is 1.06. The molecule has 0 aliphatic rings. The van der Waals surface area contributed by atoms with Crippen molar-refractivity contribution < 1.29 is 39.5 Å². The predicted molar refractivity (Wildman–Crippen MR) is 60.6 cm³/mol. The molecule has 0 amide bonds. The molecule has 1 unspecified atom stereocenters. The van der Waals surface area contributed by atoms with Crippen LogP contribution in [0.25, 0.3) is 0 Å². The van der Waals surface area contributed by atoms with Crippen molar-refractivity contribution in [2.75, 3.05) is 13.7 Å². The van der Waals surface area contributed by atoms with Gasteiger partial charge in [-0.15, -0.1) is 0 Å². The van der Waals surface area contributed by atoms with Crippen molar-refractivity contribution in [3.8, 4) is 0 Å². The van der Waals surface area contributed by atoms with Crippen LogP contribution in [0, 0.1) is 0 Å². The summed E-state index contributed by atoms with van der Waals surface area (Å²) >= 11 is 0. The SMILES string of the molecule is CC(=O)OC(=O)CCC(=O)O.CC(O)CO.CO. The first-order valence-corrected chi connectivity index (χ1v) is 4.96. The second-order valence-corrected chi connectivity index (χ2v) is 2.89. The van der Waals surface area contributed by atoms with Crippen LogP contribution in [0.5, 0.6) is 0 Å². The van der Waals surface area contributed by atoms with Gasteiger partial charge in [0.15, 0.2) is 0 Å². The van der Waals surface area contributed by atoms with Crippen molar-refractivity contribution in [1.82, 2.24) is 0 Å². The van der Waals surface area contributed by atoms with Gasteiger partial charge in [-0.05, 0) is 6.92 Å². The van der Waals surface area contributed by atoms with Gasteiger partial charge in [0, 0.05) is 14.0 Å². The van der Waals surface area contributed by atoms with Crippen LogP contribution in [-0.4, -0.2) is 58.2 Å². The van der Waals surface area contributed by atoms with Crippen molar-refractivity contribution in [2.45, 2.75) is 32.8 Å². The largest absolute Gasteiger partial charge is 0.481 e. The first kappa shape index (κ1) is 21.7. The summed E-state index contributed by atoms with van der Waals surface area (Å²) in [4.78, 5) is 30.5. The van der Waals surface area contributed by atoms with Crippen molar-refractivity contribution in [1.29, 1.82) is 0 Å². The maximum Gasteiger partial charge on any atom is 0.314 e. The zero-order chi connectivity index (χ0) is 15.1. The Morgan fingerprint density at radius 3 is 1.78 bits per heavy atom. The molecule has 0 heterocycles. The summed E-state index contributed by atoms with van der Waals surface area (Å²) in [6, 6.07) is 0. The molecule has 0 rings (SSSR count). The van der Waals surface area contributed by atoms with E-state index in [0.29, 0.717) is 0 Å². The van der Waals surface area contributed by atoms with Gasteiger partial charge >= 0.3 is 17.9 Å². The number of ether oxygens (including phenoxy) is 1. The van der Waals surface area contributed by atoms with Gasteiger partial charge in [0.05, 0.1) is 25.6 Å². The van der Waals surface area contributed by atoms with E-state index in [1.807, 2.05) is 0 Å².